The van der Waals surface area contributed by atoms with Gasteiger partial charge in [-0.05, 0) is 48.6 Å². The number of hydrogen-bond donors (Lipinski definition) is 2. The Morgan fingerprint density at radius 3 is 2.33 bits per heavy atom. The maximum absolute atomic E-state index is 12.5. The number of carbonyl (C=O) groups excluding carboxylic acids is 1. The molecule has 1 amide bonds. The van der Waals surface area contributed by atoms with Crippen LogP contribution in [0.25, 0.3) is 0 Å². The molecular weight excluding hydrogens is 326 g/mol. The van der Waals surface area contributed by atoms with Gasteiger partial charge in [-0.25, -0.2) is 0 Å². The van der Waals surface area contributed by atoms with Gasteiger partial charge in [-0.2, -0.15) is 0 Å². The Labute approximate surface area is 145 Å². The Bertz CT molecular complexity index is 791. The average molecular weight is 344 g/mol. The molecule has 1 aliphatic rings. The summed E-state index contributed by atoms with van der Waals surface area (Å²) in [6.45, 7) is 1.82. The standard InChI is InChI=1S/C19H18ClNO3/c1-12-15(20)7-4-8-16(12)21-17(22)11-19(18(23)24)9-13-5-2-3-6-14(13)10-19/h2-8H,9-11H2,1H3,(H,21,22)(H,23,24). The zero-order chi connectivity index (χ0) is 17.3. The van der Waals surface area contributed by atoms with Crippen LogP contribution < -0.4 is 5.32 Å². The smallest absolute Gasteiger partial charge is 0.310 e. The highest BCUT2D eigenvalue weighted by molar-refractivity contribution is 6.31. The normalized spacial score (nSPS) is 14.9. The molecule has 2 N–H and O–H groups in total. The summed E-state index contributed by atoms with van der Waals surface area (Å²) >= 11 is 6.06. The van der Waals surface area contributed by atoms with Crippen molar-refractivity contribution >= 4 is 29.2 Å². The number of carbonyl (C=O) groups is 2. The van der Waals surface area contributed by atoms with Crippen molar-refractivity contribution in [3.8, 4) is 0 Å². The minimum atomic E-state index is -1.08. The molecule has 2 aromatic carbocycles. The molecule has 0 saturated carbocycles. The molecule has 1 aliphatic carbocycles. The van der Waals surface area contributed by atoms with Crippen molar-refractivity contribution in [1.82, 2.24) is 0 Å². The molecule has 24 heavy (non-hydrogen) atoms. The van der Waals surface area contributed by atoms with E-state index in [1.807, 2.05) is 31.2 Å². The molecule has 5 heteroatoms. The molecule has 0 radical (unpaired) electrons. The third kappa shape index (κ3) is 3.02. The highest BCUT2D eigenvalue weighted by atomic mass is 35.5. The molecule has 124 valence electrons. The summed E-state index contributed by atoms with van der Waals surface area (Å²) in [6.07, 6.45) is 0.684. The van der Waals surface area contributed by atoms with Gasteiger partial charge >= 0.3 is 5.97 Å². The highest BCUT2D eigenvalue weighted by Gasteiger charge is 2.45. The maximum Gasteiger partial charge on any atom is 0.310 e. The summed E-state index contributed by atoms with van der Waals surface area (Å²) in [7, 11) is 0. The van der Waals surface area contributed by atoms with Gasteiger partial charge in [0.15, 0.2) is 0 Å². The zero-order valence-corrected chi connectivity index (χ0v) is 14.1. The fourth-order valence-corrected chi connectivity index (χ4v) is 3.47. The van der Waals surface area contributed by atoms with Crippen LogP contribution in [0, 0.1) is 12.3 Å². The summed E-state index contributed by atoms with van der Waals surface area (Å²) < 4.78 is 0. The highest BCUT2D eigenvalue weighted by Crippen LogP contribution is 2.40. The van der Waals surface area contributed by atoms with Gasteiger partial charge in [-0.15, -0.1) is 0 Å². The second-order valence-corrected chi connectivity index (χ2v) is 6.75. The van der Waals surface area contributed by atoms with Crippen molar-refractivity contribution in [2.75, 3.05) is 5.32 Å². The number of halogens is 1. The van der Waals surface area contributed by atoms with E-state index in [0.29, 0.717) is 23.6 Å². The van der Waals surface area contributed by atoms with E-state index in [-0.39, 0.29) is 12.3 Å². The van der Waals surface area contributed by atoms with E-state index in [1.165, 1.54) is 0 Å². The fourth-order valence-electron chi connectivity index (χ4n) is 3.29. The first-order chi connectivity index (χ1) is 11.4. The molecule has 0 spiro atoms. The predicted octanol–water partition coefficient (Wildman–Crippen LogP) is 3.85. The molecule has 0 bridgehead atoms. The molecule has 0 saturated heterocycles. The van der Waals surface area contributed by atoms with Crippen molar-refractivity contribution in [1.29, 1.82) is 0 Å². The van der Waals surface area contributed by atoms with E-state index in [4.69, 9.17) is 11.6 Å². The third-order valence-electron chi connectivity index (χ3n) is 4.67. The van der Waals surface area contributed by atoms with E-state index < -0.39 is 11.4 Å². The molecule has 0 aromatic heterocycles. The van der Waals surface area contributed by atoms with Gasteiger partial charge in [0.1, 0.15) is 0 Å². The lowest BCUT2D eigenvalue weighted by Gasteiger charge is -2.23. The molecule has 0 unspecified atom stereocenters. The Kier molecular flexibility index (Phi) is 4.33. The molecule has 3 rings (SSSR count). The molecule has 0 heterocycles. The summed E-state index contributed by atoms with van der Waals surface area (Å²) in [4.78, 5) is 24.4. The van der Waals surface area contributed by atoms with Gasteiger partial charge in [0.2, 0.25) is 5.91 Å². The van der Waals surface area contributed by atoms with Crippen LogP contribution in [0.3, 0.4) is 0 Å². The molecule has 0 aliphatic heterocycles. The van der Waals surface area contributed by atoms with Crippen molar-refractivity contribution in [2.45, 2.75) is 26.2 Å². The number of carboxylic acids is 1. The number of amides is 1. The molecule has 2 aromatic rings. The van der Waals surface area contributed by atoms with E-state index in [0.717, 1.165) is 16.7 Å². The van der Waals surface area contributed by atoms with E-state index in [2.05, 4.69) is 5.32 Å². The van der Waals surface area contributed by atoms with Gasteiger partial charge in [0.25, 0.3) is 0 Å². The quantitative estimate of drug-likeness (QED) is 0.886. The molecule has 0 atom stereocenters. The van der Waals surface area contributed by atoms with Gasteiger partial charge in [-0.3, -0.25) is 9.59 Å². The van der Waals surface area contributed by atoms with E-state index >= 15 is 0 Å². The Morgan fingerprint density at radius 1 is 1.12 bits per heavy atom. The Morgan fingerprint density at radius 2 is 1.75 bits per heavy atom. The number of aliphatic carboxylic acids is 1. The van der Waals surface area contributed by atoms with E-state index in [1.54, 1.807) is 18.2 Å². The van der Waals surface area contributed by atoms with Crippen LogP contribution in [0.1, 0.15) is 23.1 Å². The third-order valence-corrected chi connectivity index (χ3v) is 5.08. The van der Waals surface area contributed by atoms with Crippen LogP contribution in [0.4, 0.5) is 5.69 Å². The number of hydrogen-bond acceptors (Lipinski definition) is 2. The lowest BCUT2D eigenvalue weighted by atomic mass is 9.81. The first kappa shape index (κ1) is 16.5. The molecule has 0 fully saturated rings. The van der Waals surface area contributed by atoms with Crippen LogP contribution in [0.5, 0.6) is 0 Å². The largest absolute Gasteiger partial charge is 0.481 e. The topological polar surface area (TPSA) is 66.4 Å². The minimum Gasteiger partial charge on any atom is -0.481 e. The van der Waals surface area contributed by atoms with Crippen LogP contribution >= 0.6 is 11.6 Å². The Hall–Kier alpha value is -2.33. The fraction of sp³-hybridized carbons (Fsp3) is 0.263. The average Bonchev–Trinajstić information content (AvgIpc) is 2.91. The first-order valence-electron chi connectivity index (χ1n) is 7.76. The van der Waals surface area contributed by atoms with Crippen molar-refractivity contribution < 1.29 is 14.7 Å². The summed E-state index contributed by atoms with van der Waals surface area (Å²) in [5.41, 5.74) is 2.31. The van der Waals surface area contributed by atoms with Crippen molar-refractivity contribution in [3.05, 3.63) is 64.2 Å². The number of anilines is 1. The molecule has 4 nitrogen and oxygen atoms in total. The maximum atomic E-state index is 12.5. The lowest BCUT2D eigenvalue weighted by molar-refractivity contribution is -0.150. The predicted molar refractivity (Wildman–Crippen MR) is 93.4 cm³/mol. The van der Waals surface area contributed by atoms with Crippen molar-refractivity contribution in [2.24, 2.45) is 5.41 Å². The Balaban J connectivity index is 1.79. The SMILES string of the molecule is Cc1c(Cl)cccc1NC(=O)CC1(C(=O)O)Cc2ccccc2C1. The minimum absolute atomic E-state index is 0.0665. The number of fused-ring (bicyclic) bond motifs is 1. The molecular formula is C19H18ClNO3. The van der Waals surface area contributed by atoms with Gasteiger partial charge in [0.05, 0.1) is 5.41 Å². The van der Waals surface area contributed by atoms with Crippen LogP contribution in [-0.2, 0) is 22.4 Å². The number of benzene rings is 2. The summed E-state index contributed by atoms with van der Waals surface area (Å²) in [5, 5.41) is 13.1. The number of rotatable bonds is 4. The second kappa shape index (κ2) is 6.29. The van der Waals surface area contributed by atoms with Crippen molar-refractivity contribution in [3.63, 3.8) is 0 Å². The van der Waals surface area contributed by atoms with Gasteiger partial charge < -0.3 is 10.4 Å². The first-order valence-corrected chi connectivity index (χ1v) is 8.14. The second-order valence-electron chi connectivity index (χ2n) is 6.35. The summed E-state index contributed by atoms with van der Waals surface area (Å²) in [5.74, 6) is -1.24. The number of carboxylic acid groups (broad SMARTS) is 1. The van der Waals surface area contributed by atoms with E-state index in [9.17, 15) is 14.7 Å². The number of nitrogens with one attached hydrogen (secondary N) is 1. The van der Waals surface area contributed by atoms with Crippen LogP contribution in [0.15, 0.2) is 42.5 Å². The van der Waals surface area contributed by atoms with Crippen LogP contribution in [-0.4, -0.2) is 17.0 Å². The lowest BCUT2D eigenvalue weighted by Crippen LogP contribution is -2.36. The van der Waals surface area contributed by atoms with Crippen LogP contribution in [0.2, 0.25) is 5.02 Å². The monoisotopic (exact) mass is 343 g/mol. The summed E-state index contributed by atoms with van der Waals surface area (Å²) in [6, 6.07) is 12.9. The van der Waals surface area contributed by atoms with Gasteiger partial charge in [-0.1, -0.05) is 41.9 Å². The zero-order valence-electron chi connectivity index (χ0n) is 13.3. The van der Waals surface area contributed by atoms with Gasteiger partial charge in [0, 0.05) is 17.1 Å².